The van der Waals surface area contributed by atoms with E-state index in [0.717, 1.165) is 0 Å². The summed E-state index contributed by atoms with van der Waals surface area (Å²) in [6, 6.07) is 1.32. The fraction of sp³-hybridized carbons (Fsp3) is 0.556. The maximum Gasteiger partial charge on any atom is 0.237 e. The van der Waals surface area contributed by atoms with Gasteiger partial charge in [0.05, 0.1) is 18.0 Å². The Kier molecular flexibility index (Phi) is 5.34. The molecule has 4 heteroatoms. The topological polar surface area (TPSA) is 78.9 Å². The Labute approximate surface area is 78.1 Å². The molecule has 2 unspecified atom stereocenters. The highest BCUT2D eigenvalue weighted by atomic mass is 16.2. The molecule has 0 aromatic heterocycles. The molecule has 0 bridgehead atoms. The number of amides is 1. The zero-order valence-corrected chi connectivity index (χ0v) is 7.58. The second kappa shape index (κ2) is 6.05. The van der Waals surface area contributed by atoms with Crippen molar-refractivity contribution < 1.29 is 4.79 Å². The normalized spacial score (nSPS) is 13.5. The summed E-state index contributed by atoms with van der Waals surface area (Å²) in [6.07, 6.45) is 5.20. The van der Waals surface area contributed by atoms with Gasteiger partial charge < -0.3 is 11.1 Å². The summed E-state index contributed by atoms with van der Waals surface area (Å²) in [5.41, 5.74) is 5.42. The molecule has 13 heavy (non-hydrogen) atoms. The molecule has 0 aromatic carbocycles. The smallest absolute Gasteiger partial charge is 0.237 e. The van der Waals surface area contributed by atoms with Gasteiger partial charge in [-0.3, -0.25) is 4.79 Å². The van der Waals surface area contributed by atoms with E-state index in [-0.39, 0.29) is 18.2 Å². The van der Waals surface area contributed by atoms with E-state index < -0.39 is 6.04 Å². The summed E-state index contributed by atoms with van der Waals surface area (Å²) >= 11 is 0. The highest BCUT2D eigenvalue weighted by molar-refractivity contribution is 5.81. The van der Waals surface area contributed by atoms with Gasteiger partial charge in [-0.1, -0.05) is 0 Å². The van der Waals surface area contributed by atoms with Crippen LogP contribution in [-0.2, 0) is 4.79 Å². The first-order valence-corrected chi connectivity index (χ1v) is 3.98. The third-order valence-electron chi connectivity index (χ3n) is 1.48. The Morgan fingerprint density at radius 2 is 2.38 bits per heavy atom. The minimum Gasteiger partial charge on any atom is -0.353 e. The number of hydrogen-bond donors (Lipinski definition) is 2. The van der Waals surface area contributed by atoms with Crippen LogP contribution >= 0.6 is 0 Å². The lowest BCUT2D eigenvalue weighted by atomic mass is 10.2. The molecule has 0 rings (SSSR count). The van der Waals surface area contributed by atoms with Gasteiger partial charge in [-0.25, -0.2) is 0 Å². The fourth-order valence-corrected chi connectivity index (χ4v) is 0.650. The van der Waals surface area contributed by atoms with Gasteiger partial charge in [0.1, 0.15) is 0 Å². The van der Waals surface area contributed by atoms with Crippen LogP contribution in [0.2, 0.25) is 0 Å². The SMILES string of the molecule is C#CCC(N)C(=O)NCC(C)C#N. The molecule has 1 amide bonds. The maximum atomic E-state index is 11.1. The summed E-state index contributed by atoms with van der Waals surface area (Å²) in [6.45, 7) is 2.03. The van der Waals surface area contributed by atoms with Gasteiger partial charge in [-0.15, -0.1) is 12.3 Å². The molecule has 0 radical (unpaired) electrons. The van der Waals surface area contributed by atoms with Crippen LogP contribution < -0.4 is 11.1 Å². The number of carbonyl (C=O) groups excluding carboxylic acids is 1. The van der Waals surface area contributed by atoms with E-state index in [4.69, 9.17) is 17.4 Å². The molecule has 0 spiro atoms. The van der Waals surface area contributed by atoms with Crippen molar-refractivity contribution in [3.05, 3.63) is 0 Å². The molecule has 0 aliphatic heterocycles. The third kappa shape index (κ3) is 4.84. The first-order valence-electron chi connectivity index (χ1n) is 3.98. The van der Waals surface area contributed by atoms with E-state index in [1.54, 1.807) is 6.92 Å². The second-order valence-electron chi connectivity index (χ2n) is 2.79. The molecule has 2 atom stereocenters. The maximum absolute atomic E-state index is 11.1. The average Bonchev–Trinajstić information content (AvgIpc) is 2.13. The molecule has 4 nitrogen and oxygen atoms in total. The second-order valence-corrected chi connectivity index (χ2v) is 2.79. The van der Waals surface area contributed by atoms with E-state index in [0.29, 0.717) is 6.54 Å². The quantitative estimate of drug-likeness (QED) is 0.577. The number of nitrogens with two attached hydrogens (primary N) is 1. The monoisotopic (exact) mass is 179 g/mol. The van der Waals surface area contributed by atoms with Gasteiger partial charge in [0, 0.05) is 13.0 Å². The predicted molar refractivity (Wildman–Crippen MR) is 49.2 cm³/mol. The highest BCUT2D eigenvalue weighted by Crippen LogP contribution is 1.90. The van der Waals surface area contributed by atoms with Crippen LogP contribution in [0.15, 0.2) is 0 Å². The van der Waals surface area contributed by atoms with Crippen molar-refractivity contribution in [3.8, 4) is 18.4 Å². The molecule has 0 aliphatic carbocycles. The van der Waals surface area contributed by atoms with Crippen molar-refractivity contribution in [2.45, 2.75) is 19.4 Å². The molecule has 0 saturated heterocycles. The van der Waals surface area contributed by atoms with Crippen LogP contribution in [0.4, 0.5) is 0 Å². The number of nitrogens with one attached hydrogen (secondary N) is 1. The van der Waals surface area contributed by atoms with Gasteiger partial charge in [-0.05, 0) is 6.92 Å². The molecular weight excluding hydrogens is 166 g/mol. The Morgan fingerprint density at radius 3 is 2.85 bits per heavy atom. The van der Waals surface area contributed by atoms with E-state index in [9.17, 15) is 4.79 Å². The molecule has 3 N–H and O–H groups in total. The summed E-state index contributed by atoms with van der Waals surface area (Å²) in [7, 11) is 0. The minimum atomic E-state index is -0.670. The standard InChI is InChI=1S/C9H13N3O/c1-3-4-8(11)9(13)12-6-7(2)5-10/h1,7-8H,4,6,11H2,2H3,(H,12,13). The Balaban J connectivity index is 3.77. The Bertz CT molecular complexity index is 249. The lowest BCUT2D eigenvalue weighted by Gasteiger charge is -2.09. The molecule has 0 heterocycles. The van der Waals surface area contributed by atoms with Crippen molar-refractivity contribution in [2.75, 3.05) is 6.54 Å². The Morgan fingerprint density at radius 1 is 1.77 bits per heavy atom. The van der Waals surface area contributed by atoms with E-state index in [1.165, 1.54) is 0 Å². The van der Waals surface area contributed by atoms with Crippen molar-refractivity contribution >= 4 is 5.91 Å². The van der Waals surface area contributed by atoms with Crippen molar-refractivity contribution in [1.29, 1.82) is 5.26 Å². The van der Waals surface area contributed by atoms with Gasteiger partial charge >= 0.3 is 0 Å². The van der Waals surface area contributed by atoms with Gasteiger partial charge in [-0.2, -0.15) is 5.26 Å². The summed E-state index contributed by atoms with van der Waals surface area (Å²) in [5.74, 6) is 1.79. The van der Waals surface area contributed by atoms with Crippen LogP contribution in [0.25, 0.3) is 0 Å². The number of nitriles is 1. The number of hydrogen-bond acceptors (Lipinski definition) is 3. The number of carbonyl (C=O) groups is 1. The minimum absolute atomic E-state index is 0.206. The van der Waals surface area contributed by atoms with Crippen LogP contribution in [0.5, 0.6) is 0 Å². The lowest BCUT2D eigenvalue weighted by molar-refractivity contribution is -0.122. The molecule has 70 valence electrons. The number of terminal acetylenes is 1. The highest BCUT2D eigenvalue weighted by Gasteiger charge is 2.12. The van der Waals surface area contributed by atoms with Gasteiger partial charge in [0.2, 0.25) is 5.91 Å². The molecular formula is C9H13N3O. The van der Waals surface area contributed by atoms with E-state index in [2.05, 4.69) is 11.2 Å². The van der Waals surface area contributed by atoms with Crippen LogP contribution in [-0.4, -0.2) is 18.5 Å². The molecule has 0 saturated carbocycles. The van der Waals surface area contributed by atoms with Crippen molar-refractivity contribution in [2.24, 2.45) is 11.7 Å². The van der Waals surface area contributed by atoms with Crippen molar-refractivity contribution in [3.63, 3.8) is 0 Å². The van der Waals surface area contributed by atoms with Gasteiger partial charge in [0.25, 0.3) is 0 Å². The summed E-state index contributed by atoms with van der Waals surface area (Å²) in [4.78, 5) is 11.1. The van der Waals surface area contributed by atoms with Crippen LogP contribution in [0.3, 0.4) is 0 Å². The lowest BCUT2D eigenvalue weighted by Crippen LogP contribution is -2.41. The van der Waals surface area contributed by atoms with E-state index in [1.807, 2.05) is 6.07 Å². The van der Waals surface area contributed by atoms with Gasteiger partial charge in [0.15, 0.2) is 0 Å². The zero-order valence-electron chi connectivity index (χ0n) is 7.58. The first-order chi connectivity index (χ1) is 6.11. The van der Waals surface area contributed by atoms with Crippen LogP contribution in [0.1, 0.15) is 13.3 Å². The fourth-order valence-electron chi connectivity index (χ4n) is 0.650. The molecule has 0 aromatic rings. The average molecular weight is 179 g/mol. The summed E-state index contributed by atoms with van der Waals surface area (Å²) < 4.78 is 0. The predicted octanol–water partition coefficient (Wildman–Crippen LogP) is -0.387. The zero-order chi connectivity index (χ0) is 10.3. The van der Waals surface area contributed by atoms with E-state index >= 15 is 0 Å². The van der Waals surface area contributed by atoms with Crippen LogP contribution in [0, 0.1) is 29.6 Å². The number of rotatable bonds is 4. The summed E-state index contributed by atoms with van der Waals surface area (Å²) in [5, 5.41) is 11.0. The van der Waals surface area contributed by atoms with Crippen molar-refractivity contribution in [1.82, 2.24) is 5.32 Å². The molecule has 0 fully saturated rings. The Hall–Kier alpha value is -1.52. The third-order valence-corrected chi connectivity index (χ3v) is 1.48. The first kappa shape index (κ1) is 11.5. The number of nitrogens with zero attached hydrogens (tertiary/aromatic N) is 1. The largest absolute Gasteiger partial charge is 0.353 e. The molecule has 0 aliphatic rings.